The quantitative estimate of drug-likeness (QED) is 0.712. The summed E-state index contributed by atoms with van der Waals surface area (Å²) in [5.41, 5.74) is 2.10. The lowest BCUT2D eigenvalue weighted by Crippen LogP contribution is -2.50. The Morgan fingerprint density at radius 1 is 1.13 bits per heavy atom. The summed E-state index contributed by atoms with van der Waals surface area (Å²) in [5.74, 6) is -0.505. The van der Waals surface area contributed by atoms with Crippen molar-refractivity contribution in [3.63, 3.8) is 0 Å². The van der Waals surface area contributed by atoms with E-state index in [1.807, 2.05) is 45.9 Å². The predicted octanol–water partition coefficient (Wildman–Crippen LogP) is 3.38. The number of nitrogens with zero attached hydrogens (tertiary/aromatic N) is 1. The van der Waals surface area contributed by atoms with Crippen LogP contribution in [0.4, 0.5) is 4.79 Å². The van der Waals surface area contributed by atoms with Crippen LogP contribution in [0.3, 0.4) is 0 Å². The Kier molecular flexibility index (Phi) is 7.50. The first-order chi connectivity index (χ1) is 13.9. The summed E-state index contributed by atoms with van der Waals surface area (Å²) < 4.78 is 5.23. The van der Waals surface area contributed by atoms with Gasteiger partial charge in [0, 0.05) is 12.1 Å². The van der Waals surface area contributed by atoms with Crippen molar-refractivity contribution in [2.45, 2.75) is 85.0 Å². The summed E-state index contributed by atoms with van der Waals surface area (Å²) >= 11 is 0. The summed E-state index contributed by atoms with van der Waals surface area (Å²) in [6.07, 6.45) is 1.03. The van der Waals surface area contributed by atoms with E-state index < -0.39 is 17.7 Å². The molecule has 1 fully saturated rings. The highest BCUT2D eigenvalue weighted by Crippen LogP contribution is 2.37. The maximum Gasteiger partial charge on any atom is 0.408 e. The predicted molar refractivity (Wildman–Crippen MR) is 116 cm³/mol. The zero-order valence-electron chi connectivity index (χ0n) is 19.2. The molecule has 7 nitrogen and oxygen atoms in total. The molecule has 1 aliphatic rings. The second-order valence-electron chi connectivity index (χ2n) is 9.26. The van der Waals surface area contributed by atoms with Crippen LogP contribution in [0, 0.1) is 13.8 Å². The number of rotatable bonds is 7. The largest absolute Gasteiger partial charge is 0.444 e. The number of amides is 3. The minimum absolute atomic E-state index is 0.0140. The smallest absolute Gasteiger partial charge is 0.408 e. The van der Waals surface area contributed by atoms with Crippen LogP contribution in [-0.2, 0) is 14.3 Å². The molecule has 30 heavy (non-hydrogen) atoms. The molecule has 1 saturated carbocycles. The number of ether oxygens (including phenoxy) is 1. The van der Waals surface area contributed by atoms with Crippen molar-refractivity contribution in [3.05, 3.63) is 34.9 Å². The van der Waals surface area contributed by atoms with Crippen molar-refractivity contribution in [3.8, 4) is 0 Å². The maximum absolute atomic E-state index is 13.2. The molecular weight excluding hydrogens is 382 g/mol. The first-order valence-electron chi connectivity index (χ1n) is 10.5. The van der Waals surface area contributed by atoms with Crippen molar-refractivity contribution < 1.29 is 19.1 Å². The summed E-state index contributed by atoms with van der Waals surface area (Å²) in [4.78, 5) is 40.1. The van der Waals surface area contributed by atoms with Gasteiger partial charge in [-0.05, 0) is 78.0 Å². The van der Waals surface area contributed by atoms with Gasteiger partial charge >= 0.3 is 6.09 Å². The topological polar surface area (TPSA) is 87.7 Å². The highest BCUT2D eigenvalue weighted by molar-refractivity contribution is 5.91. The number of hydrogen-bond acceptors (Lipinski definition) is 4. The minimum Gasteiger partial charge on any atom is -0.444 e. The van der Waals surface area contributed by atoms with Crippen LogP contribution in [0.5, 0.6) is 0 Å². The molecule has 1 aromatic carbocycles. The van der Waals surface area contributed by atoms with Crippen molar-refractivity contribution in [2.24, 2.45) is 0 Å². The number of hydrogen-bond donors (Lipinski definition) is 2. The Morgan fingerprint density at radius 3 is 2.17 bits per heavy atom. The van der Waals surface area contributed by atoms with Gasteiger partial charge in [-0.1, -0.05) is 18.2 Å². The van der Waals surface area contributed by atoms with Crippen molar-refractivity contribution in [2.75, 3.05) is 6.54 Å². The Hall–Kier alpha value is -2.57. The van der Waals surface area contributed by atoms with E-state index in [1.165, 1.54) is 0 Å². The molecule has 0 aromatic heterocycles. The van der Waals surface area contributed by atoms with Crippen LogP contribution in [0.15, 0.2) is 18.2 Å². The Balaban J connectivity index is 2.32. The molecule has 7 heteroatoms. The van der Waals surface area contributed by atoms with Gasteiger partial charge < -0.3 is 20.3 Å². The van der Waals surface area contributed by atoms with Crippen LogP contribution in [-0.4, -0.2) is 47.0 Å². The molecule has 0 radical (unpaired) electrons. The lowest BCUT2D eigenvalue weighted by Gasteiger charge is -2.34. The third-order valence-electron chi connectivity index (χ3n) is 4.78. The van der Waals surface area contributed by atoms with E-state index in [0.717, 1.165) is 29.5 Å². The Bertz CT molecular complexity index is 774. The minimum atomic E-state index is -0.742. The van der Waals surface area contributed by atoms with Crippen LogP contribution in [0.25, 0.3) is 0 Å². The molecule has 1 unspecified atom stereocenters. The fourth-order valence-corrected chi connectivity index (χ4v) is 3.48. The molecule has 0 aliphatic heterocycles. The number of benzene rings is 1. The van der Waals surface area contributed by atoms with Gasteiger partial charge in [0.05, 0.1) is 0 Å². The molecule has 2 rings (SSSR count). The monoisotopic (exact) mass is 417 g/mol. The fraction of sp³-hybridized carbons (Fsp3) is 0.609. The van der Waals surface area contributed by atoms with Gasteiger partial charge in [0.1, 0.15) is 18.2 Å². The van der Waals surface area contributed by atoms with Crippen LogP contribution in [0.1, 0.15) is 70.2 Å². The van der Waals surface area contributed by atoms with Crippen LogP contribution in [0.2, 0.25) is 0 Å². The van der Waals surface area contributed by atoms with Gasteiger partial charge in [0.25, 0.3) is 0 Å². The zero-order valence-corrected chi connectivity index (χ0v) is 19.2. The molecule has 0 bridgehead atoms. The SMILES string of the molecule is Cc1cccc(C)c1C(C(=O)NC(C)C)N(C(=O)CNC(=O)OC(C)(C)C)C1CC1. The van der Waals surface area contributed by atoms with Crippen molar-refractivity contribution in [1.29, 1.82) is 0 Å². The van der Waals surface area contributed by atoms with E-state index in [-0.39, 0.29) is 30.4 Å². The average molecular weight is 418 g/mol. The van der Waals surface area contributed by atoms with Gasteiger partial charge in [0.2, 0.25) is 11.8 Å². The molecule has 0 spiro atoms. The van der Waals surface area contributed by atoms with E-state index >= 15 is 0 Å². The molecule has 1 aromatic rings. The van der Waals surface area contributed by atoms with E-state index in [4.69, 9.17) is 4.74 Å². The number of nitrogens with one attached hydrogen (secondary N) is 2. The van der Waals surface area contributed by atoms with Gasteiger partial charge in [-0.15, -0.1) is 0 Å². The highest BCUT2D eigenvalue weighted by atomic mass is 16.6. The van der Waals surface area contributed by atoms with Gasteiger partial charge in [-0.2, -0.15) is 0 Å². The maximum atomic E-state index is 13.2. The molecule has 0 heterocycles. The van der Waals surface area contributed by atoms with Gasteiger partial charge in [0.15, 0.2) is 0 Å². The number of aryl methyl sites for hydroxylation is 2. The van der Waals surface area contributed by atoms with E-state index in [2.05, 4.69) is 10.6 Å². The summed E-state index contributed by atoms with van der Waals surface area (Å²) in [6, 6.07) is 5.03. The second kappa shape index (κ2) is 9.49. The average Bonchev–Trinajstić information content (AvgIpc) is 3.41. The second-order valence-corrected chi connectivity index (χ2v) is 9.26. The summed E-state index contributed by atoms with van der Waals surface area (Å²) in [6.45, 7) is 12.8. The molecule has 1 atom stereocenters. The molecule has 166 valence electrons. The molecular formula is C23H35N3O4. The third kappa shape index (κ3) is 6.47. The van der Waals surface area contributed by atoms with Crippen molar-refractivity contribution >= 4 is 17.9 Å². The van der Waals surface area contributed by atoms with E-state index in [9.17, 15) is 14.4 Å². The first kappa shape index (κ1) is 23.7. The number of alkyl carbamates (subject to hydrolysis) is 1. The molecule has 3 amide bonds. The first-order valence-corrected chi connectivity index (χ1v) is 10.5. The summed E-state index contributed by atoms with van der Waals surface area (Å²) in [5, 5.41) is 5.50. The fourth-order valence-electron chi connectivity index (χ4n) is 3.48. The standard InChI is InChI=1S/C23H35N3O4/c1-14(2)25-21(28)20(19-15(3)9-8-10-16(19)4)26(17-11-12-17)18(27)13-24-22(29)30-23(5,6)7/h8-10,14,17,20H,11-13H2,1-7H3,(H,24,29)(H,25,28). The number of carbonyl (C=O) groups is 3. The lowest BCUT2D eigenvalue weighted by atomic mass is 9.93. The number of carbonyl (C=O) groups excluding carboxylic acids is 3. The van der Waals surface area contributed by atoms with Crippen LogP contribution >= 0.6 is 0 Å². The van der Waals surface area contributed by atoms with E-state index in [0.29, 0.717) is 0 Å². The normalized spacial score (nSPS) is 14.8. The lowest BCUT2D eigenvalue weighted by molar-refractivity contribution is -0.141. The molecule has 0 saturated heterocycles. The zero-order chi connectivity index (χ0) is 22.6. The van der Waals surface area contributed by atoms with E-state index in [1.54, 1.807) is 25.7 Å². The highest BCUT2D eigenvalue weighted by Gasteiger charge is 2.42. The molecule has 1 aliphatic carbocycles. The van der Waals surface area contributed by atoms with Gasteiger partial charge in [-0.3, -0.25) is 9.59 Å². The van der Waals surface area contributed by atoms with Crippen molar-refractivity contribution in [1.82, 2.24) is 15.5 Å². The Morgan fingerprint density at radius 2 is 1.70 bits per heavy atom. The van der Waals surface area contributed by atoms with Gasteiger partial charge in [-0.25, -0.2) is 4.79 Å². The third-order valence-corrected chi connectivity index (χ3v) is 4.78. The molecule has 2 N–H and O–H groups in total. The Labute approximate surface area is 179 Å². The van der Waals surface area contributed by atoms with Crippen LogP contribution < -0.4 is 10.6 Å². The summed E-state index contributed by atoms with van der Waals surface area (Å²) in [7, 11) is 0.